The molecule has 98 valence electrons. The first-order chi connectivity index (χ1) is 9.25. The SMILES string of the molecule is OC(Cc1ccccc1Br)c1cccc2c1OCC2. The lowest BCUT2D eigenvalue weighted by molar-refractivity contribution is 0.173. The Hall–Kier alpha value is -1.32. The first-order valence-electron chi connectivity index (χ1n) is 6.42. The Kier molecular flexibility index (Phi) is 3.58. The minimum absolute atomic E-state index is 0.535. The third-order valence-electron chi connectivity index (χ3n) is 3.47. The molecule has 1 aliphatic heterocycles. The molecule has 1 N–H and O–H groups in total. The van der Waals surface area contributed by atoms with Crippen LogP contribution >= 0.6 is 15.9 Å². The van der Waals surface area contributed by atoms with Gasteiger partial charge in [0.15, 0.2) is 0 Å². The van der Waals surface area contributed by atoms with Crippen LogP contribution in [0.1, 0.15) is 22.8 Å². The summed E-state index contributed by atoms with van der Waals surface area (Å²) in [5.74, 6) is 0.877. The van der Waals surface area contributed by atoms with Crippen LogP contribution in [0.4, 0.5) is 0 Å². The number of aliphatic hydroxyl groups is 1. The minimum Gasteiger partial charge on any atom is -0.493 e. The van der Waals surface area contributed by atoms with E-state index >= 15 is 0 Å². The fourth-order valence-corrected chi connectivity index (χ4v) is 2.93. The Labute approximate surface area is 121 Å². The maximum Gasteiger partial charge on any atom is 0.128 e. The highest BCUT2D eigenvalue weighted by Gasteiger charge is 2.21. The molecule has 1 atom stereocenters. The highest BCUT2D eigenvalue weighted by molar-refractivity contribution is 9.10. The zero-order valence-corrected chi connectivity index (χ0v) is 12.1. The first kappa shape index (κ1) is 12.7. The fourth-order valence-electron chi connectivity index (χ4n) is 2.49. The molecular weight excluding hydrogens is 304 g/mol. The lowest BCUT2D eigenvalue weighted by Crippen LogP contribution is -2.04. The molecule has 0 amide bonds. The molecule has 3 heteroatoms. The van der Waals surface area contributed by atoms with Gasteiger partial charge in [-0.3, -0.25) is 0 Å². The van der Waals surface area contributed by atoms with Crippen LogP contribution in [0.15, 0.2) is 46.9 Å². The van der Waals surface area contributed by atoms with E-state index in [-0.39, 0.29) is 0 Å². The normalized spacial score (nSPS) is 14.8. The van der Waals surface area contributed by atoms with E-state index in [2.05, 4.69) is 22.0 Å². The van der Waals surface area contributed by atoms with Gasteiger partial charge in [-0.2, -0.15) is 0 Å². The largest absolute Gasteiger partial charge is 0.493 e. The van der Waals surface area contributed by atoms with Crippen molar-refractivity contribution in [2.24, 2.45) is 0 Å². The van der Waals surface area contributed by atoms with E-state index in [1.165, 1.54) is 5.56 Å². The molecule has 3 rings (SSSR count). The van der Waals surface area contributed by atoms with E-state index in [0.29, 0.717) is 13.0 Å². The number of hydrogen-bond donors (Lipinski definition) is 1. The van der Waals surface area contributed by atoms with Gasteiger partial charge in [-0.05, 0) is 17.2 Å². The number of para-hydroxylation sites is 1. The molecule has 2 aromatic carbocycles. The predicted molar refractivity (Wildman–Crippen MR) is 78.4 cm³/mol. The number of aliphatic hydroxyl groups excluding tert-OH is 1. The van der Waals surface area contributed by atoms with Crippen molar-refractivity contribution in [3.8, 4) is 5.75 Å². The Morgan fingerprint density at radius 2 is 2.00 bits per heavy atom. The topological polar surface area (TPSA) is 29.5 Å². The number of rotatable bonds is 3. The van der Waals surface area contributed by atoms with Crippen molar-refractivity contribution < 1.29 is 9.84 Å². The van der Waals surface area contributed by atoms with Crippen LogP contribution in [0.2, 0.25) is 0 Å². The molecule has 0 saturated carbocycles. The predicted octanol–water partition coefficient (Wildman–Crippen LogP) is 3.66. The van der Waals surface area contributed by atoms with E-state index in [1.54, 1.807) is 0 Å². The van der Waals surface area contributed by atoms with Gasteiger partial charge in [-0.25, -0.2) is 0 Å². The number of ether oxygens (including phenoxy) is 1. The smallest absolute Gasteiger partial charge is 0.128 e. The third-order valence-corrected chi connectivity index (χ3v) is 4.25. The van der Waals surface area contributed by atoms with Gasteiger partial charge in [0.05, 0.1) is 12.7 Å². The monoisotopic (exact) mass is 318 g/mol. The maximum absolute atomic E-state index is 10.5. The molecule has 0 radical (unpaired) electrons. The Morgan fingerprint density at radius 1 is 1.16 bits per heavy atom. The molecule has 0 fully saturated rings. The van der Waals surface area contributed by atoms with Crippen LogP contribution < -0.4 is 4.74 Å². The van der Waals surface area contributed by atoms with Crippen molar-refractivity contribution in [3.63, 3.8) is 0 Å². The molecule has 1 unspecified atom stereocenters. The zero-order valence-electron chi connectivity index (χ0n) is 10.5. The molecular formula is C16H15BrO2. The van der Waals surface area contributed by atoms with Crippen LogP contribution in [0.25, 0.3) is 0 Å². The van der Waals surface area contributed by atoms with Crippen LogP contribution in [0.3, 0.4) is 0 Å². The quantitative estimate of drug-likeness (QED) is 0.935. The second kappa shape index (κ2) is 5.35. The molecule has 0 bridgehead atoms. The van der Waals surface area contributed by atoms with Gasteiger partial charge in [0, 0.05) is 22.9 Å². The summed E-state index contributed by atoms with van der Waals surface area (Å²) in [5, 5.41) is 10.5. The first-order valence-corrected chi connectivity index (χ1v) is 7.21. The standard InChI is InChI=1S/C16H15BrO2/c17-14-7-2-1-4-12(14)10-15(18)13-6-3-5-11-8-9-19-16(11)13/h1-7,15,18H,8-10H2. The van der Waals surface area contributed by atoms with Crippen molar-refractivity contribution in [1.82, 2.24) is 0 Å². The zero-order chi connectivity index (χ0) is 13.2. The second-order valence-electron chi connectivity index (χ2n) is 4.75. The molecule has 1 aliphatic rings. The van der Waals surface area contributed by atoms with Gasteiger partial charge < -0.3 is 9.84 Å². The highest BCUT2D eigenvalue weighted by atomic mass is 79.9. The Morgan fingerprint density at radius 3 is 2.84 bits per heavy atom. The van der Waals surface area contributed by atoms with Crippen molar-refractivity contribution in [2.75, 3.05) is 6.61 Å². The molecule has 19 heavy (non-hydrogen) atoms. The summed E-state index contributed by atoms with van der Waals surface area (Å²) in [6.45, 7) is 0.716. The van der Waals surface area contributed by atoms with E-state index < -0.39 is 6.10 Å². The summed E-state index contributed by atoms with van der Waals surface area (Å²) in [5.41, 5.74) is 3.19. The highest BCUT2D eigenvalue weighted by Crippen LogP contribution is 2.35. The van der Waals surface area contributed by atoms with Crippen molar-refractivity contribution in [1.29, 1.82) is 0 Å². The molecule has 0 saturated heterocycles. The van der Waals surface area contributed by atoms with Gasteiger partial charge >= 0.3 is 0 Å². The minimum atomic E-state index is -0.535. The number of halogens is 1. The molecule has 2 nitrogen and oxygen atoms in total. The summed E-state index contributed by atoms with van der Waals surface area (Å²) >= 11 is 3.52. The van der Waals surface area contributed by atoms with Crippen molar-refractivity contribution in [2.45, 2.75) is 18.9 Å². The molecule has 0 aromatic heterocycles. The van der Waals surface area contributed by atoms with E-state index in [1.807, 2.05) is 36.4 Å². The molecule has 0 spiro atoms. The number of hydrogen-bond acceptors (Lipinski definition) is 2. The van der Waals surface area contributed by atoms with E-state index in [9.17, 15) is 5.11 Å². The van der Waals surface area contributed by atoms with Crippen LogP contribution in [-0.4, -0.2) is 11.7 Å². The van der Waals surface area contributed by atoms with Crippen LogP contribution in [0.5, 0.6) is 5.75 Å². The van der Waals surface area contributed by atoms with Crippen LogP contribution in [-0.2, 0) is 12.8 Å². The molecule has 0 aliphatic carbocycles. The van der Waals surface area contributed by atoms with Crippen molar-refractivity contribution in [3.05, 3.63) is 63.6 Å². The summed E-state index contributed by atoms with van der Waals surface area (Å²) in [6.07, 6.45) is 0.985. The average molecular weight is 319 g/mol. The van der Waals surface area contributed by atoms with E-state index in [0.717, 1.165) is 27.8 Å². The Balaban J connectivity index is 1.87. The summed E-state index contributed by atoms with van der Waals surface area (Å²) < 4.78 is 6.68. The average Bonchev–Trinajstić information content (AvgIpc) is 2.89. The van der Waals surface area contributed by atoms with Crippen LogP contribution in [0, 0.1) is 0 Å². The van der Waals surface area contributed by atoms with Crippen molar-refractivity contribution >= 4 is 15.9 Å². The Bertz CT molecular complexity index is 595. The fraction of sp³-hybridized carbons (Fsp3) is 0.250. The van der Waals surface area contributed by atoms with E-state index in [4.69, 9.17) is 4.74 Å². The van der Waals surface area contributed by atoms with Gasteiger partial charge in [0.25, 0.3) is 0 Å². The van der Waals surface area contributed by atoms with Gasteiger partial charge in [-0.1, -0.05) is 52.3 Å². The summed E-state index contributed by atoms with van der Waals surface area (Å²) in [4.78, 5) is 0. The lowest BCUT2D eigenvalue weighted by Gasteiger charge is -2.15. The third kappa shape index (κ3) is 2.53. The second-order valence-corrected chi connectivity index (χ2v) is 5.60. The summed E-state index contributed by atoms with van der Waals surface area (Å²) in [7, 11) is 0. The van der Waals surface area contributed by atoms with Gasteiger partial charge in [0.2, 0.25) is 0 Å². The van der Waals surface area contributed by atoms with Gasteiger partial charge in [0.1, 0.15) is 5.75 Å². The number of fused-ring (bicyclic) bond motifs is 1. The number of benzene rings is 2. The lowest BCUT2D eigenvalue weighted by atomic mass is 9.98. The van der Waals surface area contributed by atoms with Gasteiger partial charge in [-0.15, -0.1) is 0 Å². The maximum atomic E-state index is 10.5. The molecule has 1 heterocycles. The summed E-state index contributed by atoms with van der Waals surface area (Å²) in [6, 6.07) is 14.0. The molecule has 2 aromatic rings.